The summed E-state index contributed by atoms with van der Waals surface area (Å²) in [5.74, 6) is 1.88. The molecule has 1 heterocycles. The maximum Gasteiger partial charge on any atom is 0.133 e. The molecule has 0 amide bonds. The van der Waals surface area contributed by atoms with Crippen LogP contribution in [-0.4, -0.2) is 18.1 Å². The van der Waals surface area contributed by atoms with Gasteiger partial charge in [-0.15, -0.1) is 0 Å². The van der Waals surface area contributed by atoms with Gasteiger partial charge in [0.25, 0.3) is 0 Å². The van der Waals surface area contributed by atoms with Crippen LogP contribution < -0.4 is 10.6 Å². The van der Waals surface area contributed by atoms with Crippen LogP contribution in [0.4, 0.5) is 5.82 Å². The van der Waals surface area contributed by atoms with Crippen molar-refractivity contribution < 1.29 is 0 Å². The summed E-state index contributed by atoms with van der Waals surface area (Å²) in [5.41, 5.74) is 7.11. The summed E-state index contributed by atoms with van der Waals surface area (Å²) < 4.78 is 0. The quantitative estimate of drug-likeness (QED) is 0.845. The van der Waals surface area contributed by atoms with Gasteiger partial charge in [0, 0.05) is 30.9 Å². The number of nitrogens with two attached hydrogens (primary N) is 1. The number of hydrogen-bond donors (Lipinski definition) is 1. The number of pyridine rings is 1. The highest BCUT2D eigenvalue weighted by molar-refractivity contribution is 5.48. The molecule has 1 aromatic heterocycles. The standard InChI is InChI=1S/C13H21N3/c1-9(14)12-5-4-8-15-13(12)16(3)10(2)11-6-7-11/h4-5,8-11H,6-7,14H2,1-3H3/t9-,10?/m0/s1. The van der Waals surface area contributed by atoms with Gasteiger partial charge in [-0.3, -0.25) is 0 Å². The van der Waals surface area contributed by atoms with E-state index in [1.165, 1.54) is 12.8 Å². The molecule has 0 aromatic carbocycles. The molecule has 0 bridgehead atoms. The topological polar surface area (TPSA) is 42.2 Å². The number of anilines is 1. The Labute approximate surface area is 97.7 Å². The largest absolute Gasteiger partial charge is 0.356 e. The average molecular weight is 219 g/mol. The first-order valence-electron chi connectivity index (χ1n) is 6.04. The number of rotatable bonds is 4. The van der Waals surface area contributed by atoms with E-state index in [1.54, 1.807) is 0 Å². The lowest BCUT2D eigenvalue weighted by atomic mass is 10.1. The van der Waals surface area contributed by atoms with Gasteiger partial charge in [-0.2, -0.15) is 0 Å². The van der Waals surface area contributed by atoms with E-state index in [9.17, 15) is 0 Å². The van der Waals surface area contributed by atoms with Crippen molar-refractivity contribution >= 4 is 5.82 Å². The lowest BCUT2D eigenvalue weighted by Gasteiger charge is -2.28. The van der Waals surface area contributed by atoms with Crippen LogP contribution in [0, 0.1) is 5.92 Å². The highest BCUT2D eigenvalue weighted by atomic mass is 15.2. The van der Waals surface area contributed by atoms with Crippen molar-refractivity contribution in [1.82, 2.24) is 4.98 Å². The zero-order chi connectivity index (χ0) is 11.7. The molecule has 0 aliphatic heterocycles. The minimum absolute atomic E-state index is 0.0394. The van der Waals surface area contributed by atoms with Gasteiger partial charge in [0.1, 0.15) is 5.82 Å². The second-order valence-corrected chi connectivity index (χ2v) is 4.89. The van der Waals surface area contributed by atoms with Crippen LogP contribution in [0.3, 0.4) is 0 Å². The third-order valence-electron chi connectivity index (χ3n) is 3.56. The van der Waals surface area contributed by atoms with Gasteiger partial charge in [-0.25, -0.2) is 4.98 Å². The summed E-state index contributed by atoms with van der Waals surface area (Å²) in [7, 11) is 2.12. The summed E-state index contributed by atoms with van der Waals surface area (Å²) in [6.45, 7) is 4.29. The van der Waals surface area contributed by atoms with Crippen LogP contribution in [0.2, 0.25) is 0 Å². The van der Waals surface area contributed by atoms with Gasteiger partial charge in [0.2, 0.25) is 0 Å². The summed E-state index contributed by atoms with van der Waals surface area (Å²) in [6.07, 6.45) is 4.55. The van der Waals surface area contributed by atoms with E-state index in [0.29, 0.717) is 6.04 Å². The first kappa shape index (κ1) is 11.4. The molecule has 3 nitrogen and oxygen atoms in total. The molecule has 1 aliphatic rings. The van der Waals surface area contributed by atoms with E-state index < -0.39 is 0 Å². The van der Waals surface area contributed by atoms with Gasteiger partial charge in [-0.1, -0.05) is 6.07 Å². The summed E-state index contributed by atoms with van der Waals surface area (Å²) in [4.78, 5) is 6.75. The van der Waals surface area contributed by atoms with E-state index in [-0.39, 0.29) is 6.04 Å². The Morgan fingerprint density at radius 1 is 1.44 bits per heavy atom. The fourth-order valence-electron chi connectivity index (χ4n) is 2.15. The molecule has 1 aromatic rings. The molecule has 16 heavy (non-hydrogen) atoms. The van der Waals surface area contributed by atoms with E-state index in [0.717, 1.165) is 17.3 Å². The molecule has 3 heteroatoms. The predicted molar refractivity (Wildman–Crippen MR) is 67.4 cm³/mol. The second-order valence-electron chi connectivity index (χ2n) is 4.89. The van der Waals surface area contributed by atoms with Gasteiger partial charge >= 0.3 is 0 Å². The van der Waals surface area contributed by atoms with Crippen molar-refractivity contribution in [3.05, 3.63) is 23.9 Å². The number of nitrogens with zero attached hydrogens (tertiary/aromatic N) is 2. The third-order valence-corrected chi connectivity index (χ3v) is 3.56. The zero-order valence-corrected chi connectivity index (χ0v) is 10.4. The molecule has 1 fully saturated rings. The molecular weight excluding hydrogens is 198 g/mol. The molecule has 0 saturated heterocycles. The molecule has 1 saturated carbocycles. The minimum atomic E-state index is 0.0394. The molecule has 2 rings (SSSR count). The maximum atomic E-state index is 5.98. The van der Waals surface area contributed by atoms with Crippen LogP contribution in [0.15, 0.2) is 18.3 Å². The van der Waals surface area contributed by atoms with Crippen molar-refractivity contribution in [2.45, 2.75) is 38.8 Å². The monoisotopic (exact) mass is 219 g/mol. The highest BCUT2D eigenvalue weighted by Crippen LogP contribution is 2.36. The third kappa shape index (κ3) is 2.19. The molecular formula is C13H21N3. The Bertz CT molecular complexity index is 358. The normalized spacial score (nSPS) is 19.2. The SMILES string of the molecule is CC(C1CC1)N(C)c1ncccc1[C@H](C)N. The fourth-order valence-corrected chi connectivity index (χ4v) is 2.15. The van der Waals surface area contributed by atoms with E-state index in [2.05, 4.69) is 29.9 Å². The van der Waals surface area contributed by atoms with Crippen LogP contribution >= 0.6 is 0 Å². The first-order chi connectivity index (χ1) is 7.61. The Balaban J connectivity index is 2.24. The van der Waals surface area contributed by atoms with Crippen molar-refractivity contribution in [2.24, 2.45) is 11.7 Å². The Hall–Kier alpha value is -1.09. The Morgan fingerprint density at radius 2 is 2.12 bits per heavy atom. The van der Waals surface area contributed by atoms with Gasteiger partial charge in [-0.05, 0) is 38.7 Å². The smallest absolute Gasteiger partial charge is 0.133 e. The predicted octanol–water partition coefficient (Wildman–Crippen LogP) is 2.34. The van der Waals surface area contributed by atoms with Crippen LogP contribution in [-0.2, 0) is 0 Å². The fraction of sp³-hybridized carbons (Fsp3) is 0.615. The lowest BCUT2D eigenvalue weighted by molar-refractivity contribution is 0.599. The van der Waals surface area contributed by atoms with Crippen LogP contribution in [0.5, 0.6) is 0 Å². The first-order valence-corrected chi connectivity index (χ1v) is 6.04. The van der Waals surface area contributed by atoms with Gasteiger partial charge in [0.15, 0.2) is 0 Å². The van der Waals surface area contributed by atoms with Crippen molar-refractivity contribution in [1.29, 1.82) is 0 Å². The average Bonchev–Trinajstić information content (AvgIpc) is 3.11. The summed E-state index contributed by atoms with van der Waals surface area (Å²) in [6, 6.07) is 4.63. The Morgan fingerprint density at radius 3 is 2.69 bits per heavy atom. The van der Waals surface area contributed by atoms with Crippen molar-refractivity contribution in [2.75, 3.05) is 11.9 Å². The molecule has 2 atom stereocenters. The zero-order valence-electron chi connectivity index (χ0n) is 10.4. The maximum absolute atomic E-state index is 5.98. The number of aromatic nitrogens is 1. The number of hydrogen-bond acceptors (Lipinski definition) is 3. The van der Waals surface area contributed by atoms with Crippen LogP contribution in [0.25, 0.3) is 0 Å². The molecule has 88 valence electrons. The molecule has 1 unspecified atom stereocenters. The molecule has 1 aliphatic carbocycles. The molecule has 0 spiro atoms. The summed E-state index contributed by atoms with van der Waals surface area (Å²) in [5, 5.41) is 0. The molecule has 2 N–H and O–H groups in total. The summed E-state index contributed by atoms with van der Waals surface area (Å²) >= 11 is 0. The van der Waals surface area contributed by atoms with E-state index in [1.807, 2.05) is 19.2 Å². The Kier molecular flexibility index (Phi) is 3.15. The van der Waals surface area contributed by atoms with E-state index in [4.69, 9.17) is 5.73 Å². The second kappa shape index (κ2) is 4.42. The van der Waals surface area contributed by atoms with Gasteiger partial charge < -0.3 is 10.6 Å². The van der Waals surface area contributed by atoms with E-state index >= 15 is 0 Å². The van der Waals surface area contributed by atoms with Crippen molar-refractivity contribution in [3.63, 3.8) is 0 Å². The van der Waals surface area contributed by atoms with Crippen molar-refractivity contribution in [3.8, 4) is 0 Å². The molecule has 0 radical (unpaired) electrons. The highest BCUT2D eigenvalue weighted by Gasteiger charge is 2.31. The van der Waals surface area contributed by atoms with Crippen LogP contribution in [0.1, 0.15) is 38.3 Å². The van der Waals surface area contributed by atoms with Gasteiger partial charge in [0.05, 0.1) is 0 Å². The lowest BCUT2D eigenvalue weighted by Crippen LogP contribution is -2.32. The minimum Gasteiger partial charge on any atom is -0.356 e.